The van der Waals surface area contributed by atoms with Crippen LogP contribution in [0.25, 0.3) is 11.4 Å². The Labute approximate surface area is 168 Å². The van der Waals surface area contributed by atoms with E-state index in [0.717, 1.165) is 11.3 Å². The number of anilines is 1. The highest BCUT2D eigenvalue weighted by Gasteiger charge is 2.35. The van der Waals surface area contributed by atoms with Gasteiger partial charge in [0.05, 0.1) is 5.92 Å². The second kappa shape index (κ2) is 6.92. The monoisotopic (exact) mass is 391 g/mol. The molecule has 3 aromatic rings. The van der Waals surface area contributed by atoms with Gasteiger partial charge in [0.2, 0.25) is 17.6 Å². The molecule has 0 N–H and O–H groups in total. The van der Waals surface area contributed by atoms with E-state index in [0.29, 0.717) is 49.4 Å². The molecule has 2 aromatic carbocycles. The molecule has 0 saturated carbocycles. The molecular weight excluding hydrogens is 370 g/mol. The number of amides is 1. The van der Waals surface area contributed by atoms with Gasteiger partial charge >= 0.3 is 0 Å². The predicted molar refractivity (Wildman–Crippen MR) is 106 cm³/mol. The minimum Gasteiger partial charge on any atom is -0.486 e. The zero-order valence-electron chi connectivity index (χ0n) is 16.3. The number of benzene rings is 2. The van der Waals surface area contributed by atoms with Gasteiger partial charge in [-0.2, -0.15) is 4.98 Å². The molecule has 29 heavy (non-hydrogen) atoms. The molecule has 2 aliphatic rings. The Hall–Kier alpha value is -3.35. The highest BCUT2D eigenvalue weighted by atomic mass is 16.6. The number of rotatable bonds is 3. The van der Waals surface area contributed by atoms with Gasteiger partial charge in [-0.05, 0) is 43.2 Å². The van der Waals surface area contributed by atoms with Crippen molar-refractivity contribution in [2.75, 3.05) is 24.7 Å². The number of hydrogen-bond donors (Lipinski definition) is 0. The summed E-state index contributed by atoms with van der Waals surface area (Å²) in [7, 11) is 0. The van der Waals surface area contributed by atoms with E-state index in [9.17, 15) is 4.79 Å². The van der Waals surface area contributed by atoms with Crippen LogP contribution in [-0.2, 0) is 4.79 Å². The molecule has 2 aliphatic heterocycles. The maximum Gasteiger partial charge on any atom is 0.232 e. The maximum atomic E-state index is 12.6. The molecule has 1 aromatic heterocycles. The first-order valence-corrected chi connectivity index (χ1v) is 9.70. The van der Waals surface area contributed by atoms with E-state index in [4.69, 9.17) is 14.0 Å². The first kappa shape index (κ1) is 17.7. The van der Waals surface area contributed by atoms with Crippen molar-refractivity contribution in [3.05, 3.63) is 53.4 Å². The molecule has 5 rings (SSSR count). The van der Waals surface area contributed by atoms with Crippen molar-refractivity contribution in [1.82, 2.24) is 10.1 Å². The molecule has 3 heterocycles. The predicted octanol–water partition coefficient (Wildman–Crippen LogP) is 3.65. The van der Waals surface area contributed by atoms with Gasteiger partial charge in [0, 0.05) is 30.3 Å². The fourth-order valence-corrected chi connectivity index (χ4v) is 3.72. The SMILES string of the molecule is Cc1ccc(-c2noc(C3CC(=O)N(c4ccc5c(c4)OCCO5)C3)n2)cc1C. The standard InChI is InChI=1S/C22H21N3O4/c1-13-3-4-15(9-14(13)2)21-23-22(29-24-21)16-10-20(26)25(12-16)17-5-6-18-19(11-17)28-8-7-27-18/h3-6,9,11,16H,7-8,10,12H2,1-2H3. The molecule has 1 fully saturated rings. The summed E-state index contributed by atoms with van der Waals surface area (Å²) in [4.78, 5) is 19.0. The number of fused-ring (bicyclic) bond motifs is 1. The molecule has 7 heteroatoms. The summed E-state index contributed by atoms with van der Waals surface area (Å²) >= 11 is 0. The molecule has 0 spiro atoms. The van der Waals surface area contributed by atoms with Crippen LogP contribution in [0.4, 0.5) is 5.69 Å². The van der Waals surface area contributed by atoms with Crippen molar-refractivity contribution in [2.45, 2.75) is 26.2 Å². The molecule has 148 valence electrons. The number of ether oxygens (including phenoxy) is 2. The number of aromatic nitrogens is 2. The highest BCUT2D eigenvalue weighted by molar-refractivity contribution is 5.96. The first-order chi connectivity index (χ1) is 14.1. The molecule has 0 radical (unpaired) electrons. The lowest BCUT2D eigenvalue weighted by molar-refractivity contribution is -0.117. The number of aryl methyl sites for hydroxylation is 2. The average molecular weight is 391 g/mol. The Bertz CT molecular complexity index is 1090. The van der Waals surface area contributed by atoms with E-state index < -0.39 is 0 Å². The molecule has 1 unspecified atom stereocenters. The molecule has 1 atom stereocenters. The van der Waals surface area contributed by atoms with E-state index >= 15 is 0 Å². The van der Waals surface area contributed by atoms with Crippen LogP contribution in [-0.4, -0.2) is 35.8 Å². The summed E-state index contributed by atoms with van der Waals surface area (Å²) in [5, 5.41) is 4.13. The smallest absolute Gasteiger partial charge is 0.232 e. The summed E-state index contributed by atoms with van der Waals surface area (Å²) < 4.78 is 16.7. The van der Waals surface area contributed by atoms with Crippen molar-refractivity contribution in [3.8, 4) is 22.9 Å². The number of hydrogen-bond acceptors (Lipinski definition) is 6. The quantitative estimate of drug-likeness (QED) is 0.678. The molecule has 1 amide bonds. The largest absolute Gasteiger partial charge is 0.486 e. The van der Waals surface area contributed by atoms with Gasteiger partial charge in [-0.25, -0.2) is 0 Å². The Kier molecular flexibility index (Phi) is 4.23. The first-order valence-electron chi connectivity index (χ1n) is 9.70. The van der Waals surface area contributed by atoms with Gasteiger partial charge in [0.15, 0.2) is 11.5 Å². The van der Waals surface area contributed by atoms with Gasteiger partial charge in [-0.1, -0.05) is 17.3 Å². The summed E-state index contributed by atoms with van der Waals surface area (Å²) in [5.41, 5.74) is 4.09. The Morgan fingerprint density at radius 1 is 1.00 bits per heavy atom. The average Bonchev–Trinajstić information content (AvgIpc) is 3.37. The van der Waals surface area contributed by atoms with Gasteiger partial charge in [0.25, 0.3) is 0 Å². The fraction of sp³-hybridized carbons (Fsp3) is 0.318. The zero-order valence-corrected chi connectivity index (χ0v) is 16.3. The summed E-state index contributed by atoms with van der Waals surface area (Å²) in [5.74, 6) is 2.30. The van der Waals surface area contributed by atoms with E-state index in [1.54, 1.807) is 4.90 Å². The van der Waals surface area contributed by atoms with Crippen molar-refractivity contribution < 1.29 is 18.8 Å². The van der Waals surface area contributed by atoms with Crippen LogP contribution in [0.1, 0.15) is 29.4 Å². The van der Waals surface area contributed by atoms with Crippen molar-refractivity contribution in [1.29, 1.82) is 0 Å². The van der Waals surface area contributed by atoms with E-state index in [2.05, 4.69) is 24.0 Å². The van der Waals surface area contributed by atoms with Crippen molar-refractivity contribution in [3.63, 3.8) is 0 Å². The van der Waals surface area contributed by atoms with Gasteiger partial charge in [-0.3, -0.25) is 4.79 Å². The van der Waals surface area contributed by atoms with Gasteiger partial charge in [-0.15, -0.1) is 0 Å². The number of carbonyl (C=O) groups excluding carboxylic acids is 1. The normalized spacial score (nSPS) is 18.3. The second-order valence-corrected chi connectivity index (χ2v) is 7.49. The van der Waals surface area contributed by atoms with Crippen LogP contribution in [0.2, 0.25) is 0 Å². The van der Waals surface area contributed by atoms with Crippen LogP contribution >= 0.6 is 0 Å². The third-order valence-electron chi connectivity index (χ3n) is 5.52. The zero-order chi connectivity index (χ0) is 20.0. The van der Waals surface area contributed by atoms with E-state index in [1.807, 2.05) is 36.4 Å². The van der Waals surface area contributed by atoms with Crippen LogP contribution in [0, 0.1) is 13.8 Å². The van der Waals surface area contributed by atoms with Crippen LogP contribution in [0.5, 0.6) is 11.5 Å². The third-order valence-corrected chi connectivity index (χ3v) is 5.52. The van der Waals surface area contributed by atoms with Crippen LogP contribution in [0.15, 0.2) is 40.9 Å². The molecule has 0 aliphatic carbocycles. The Balaban J connectivity index is 1.37. The maximum absolute atomic E-state index is 12.6. The topological polar surface area (TPSA) is 77.7 Å². The van der Waals surface area contributed by atoms with Gasteiger partial charge < -0.3 is 18.9 Å². The second-order valence-electron chi connectivity index (χ2n) is 7.49. The van der Waals surface area contributed by atoms with Crippen molar-refractivity contribution >= 4 is 11.6 Å². The number of carbonyl (C=O) groups is 1. The minimum atomic E-state index is -0.136. The summed E-state index contributed by atoms with van der Waals surface area (Å²) in [6, 6.07) is 11.6. The lowest BCUT2D eigenvalue weighted by Crippen LogP contribution is -2.24. The Morgan fingerprint density at radius 3 is 2.66 bits per heavy atom. The fourth-order valence-electron chi connectivity index (χ4n) is 3.72. The lowest BCUT2D eigenvalue weighted by Gasteiger charge is -2.22. The van der Waals surface area contributed by atoms with E-state index in [-0.39, 0.29) is 11.8 Å². The molecular formula is C22H21N3O4. The molecule has 7 nitrogen and oxygen atoms in total. The summed E-state index contributed by atoms with van der Waals surface area (Å²) in [6.45, 7) is 5.67. The highest BCUT2D eigenvalue weighted by Crippen LogP contribution is 2.37. The van der Waals surface area contributed by atoms with Gasteiger partial charge in [0.1, 0.15) is 13.2 Å². The minimum absolute atomic E-state index is 0.0256. The van der Waals surface area contributed by atoms with Crippen molar-refractivity contribution in [2.24, 2.45) is 0 Å². The van der Waals surface area contributed by atoms with E-state index in [1.165, 1.54) is 11.1 Å². The third kappa shape index (κ3) is 3.22. The number of nitrogens with zero attached hydrogens (tertiary/aromatic N) is 3. The summed E-state index contributed by atoms with van der Waals surface area (Å²) in [6.07, 6.45) is 0.336. The lowest BCUT2D eigenvalue weighted by atomic mass is 10.1. The van der Waals surface area contributed by atoms with Crippen LogP contribution < -0.4 is 14.4 Å². The molecule has 1 saturated heterocycles. The Morgan fingerprint density at radius 2 is 1.83 bits per heavy atom. The molecule has 0 bridgehead atoms. The van der Waals surface area contributed by atoms with Crippen LogP contribution in [0.3, 0.4) is 0 Å².